The molecule has 5 nitrogen and oxygen atoms in total. The molecule has 0 aliphatic heterocycles. The van der Waals surface area contributed by atoms with E-state index < -0.39 is 0 Å². The maximum Gasteiger partial charge on any atom is 0.230 e. The Morgan fingerprint density at radius 1 is 1.21 bits per heavy atom. The summed E-state index contributed by atoms with van der Waals surface area (Å²) in [6.07, 6.45) is 0.965. The number of aromatic nitrogens is 3. The number of fused-ring (bicyclic) bond motifs is 1. The van der Waals surface area contributed by atoms with E-state index >= 15 is 0 Å². The number of halogens is 1. The first kappa shape index (κ1) is 19.9. The molecule has 148 valence electrons. The first-order valence-corrected chi connectivity index (χ1v) is 11.4. The number of nitrogens with one attached hydrogen (secondary N) is 1. The fourth-order valence-corrected chi connectivity index (χ4v) is 4.88. The molecule has 0 fully saturated rings. The molecular weight excluding hydrogens is 424 g/mol. The molecule has 29 heavy (non-hydrogen) atoms. The number of benzene rings is 2. The number of thioether (sulfide) groups is 1. The zero-order valence-electron chi connectivity index (χ0n) is 16.0. The molecule has 1 amide bonds. The Kier molecular flexibility index (Phi) is 5.89. The fraction of sp³-hybridized carbons (Fsp3) is 0.190. The van der Waals surface area contributed by atoms with E-state index in [2.05, 4.69) is 21.9 Å². The highest BCUT2D eigenvalue weighted by Crippen LogP contribution is 2.31. The van der Waals surface area contributed by atoms with Gasteiger partial charge in [-0.2, -0.15) is 0 Å². The van der Waals surface area contributed by atoms with Gasteiger partial charge in [0, 0.05) is 23.1 Å². The lowest BCUT2D eigenvalue weighted by Crippen LogP contribution is -2.22. The first-order valence-electron chi connectivity index (χ1n) is 9.15. The number of amides is 1. The van der Waals surface area contributed by atoms with Crippen LogP contribution in [-0.2, 0) is 17.0 Å². The second-order valence-electron chi connectivity index (χ2n) is 6.49. The molecular formula is C21H19ClN4OS2. The number of hydrogen-bond donors (Lipinski definition) is 1. The second-order valence-corrected chi connectivity index (χ2v) is 8.72. The van der Waals surface area contributed by atoms with E-state index in [9.17, 15) is 4.79 Å². The van der Waals surface area contributed by atoms with Crippen molar-refractivity contribution in [1.29, 1.82) is 0 Å². The summed E-state index contributed by atoms with van der Waals surface area (Å²) in [5.74, 6) is 0.599. The van der Waals surface area contributed by atoms with Crippen LogP contribution in [0.5, 0.6) is 0 Å². The summed E-state index contributed by atoms with van der Waals surface area (Å²) in [6, 6.07) is 13.6. The summed E-state index contributed by atoms with van der Waals surface area (Å²) in [7, 11) is 0. The molecule has 0 spiro atoms. The predicted molar refractivity (Wildman–Crippen MR) is 121 cm³/mol. The molecule has 0 saturated carbocycles. The van der Waals surface area contributed by atoms with Crippen molar-refractivity contribution in [2.75, 3.05) is 4.90 Å². The summed E-state index contributed by atoms with van der Waals surface area (Å²) in [5, 5.41) is 4.15. The molecule has 0 aliphatic carbocycles. The smallest absolute Gasteiger partial charge is 0.230 e. The average Bonchev–Trinajstić information content (AvgIpc) is 3.33. The normalized spacial score (nSPS) is 11.1. The highest BCUT2D eigenvalue weighted by atomic mass is 35.5. The molecule has 1 N–H and O–H groups in total. The van der Waals surface area contributed by atoms with E-state index in [1.807, 2.05) is 47.8 Å². The van der Waals surface area contributed by atoms with Crippen LogP contribution in [-0.4, -0.2) is 20.9 Å². The molecule has 2 heterocycles. The minimum Gasteiger partial charge on any atom is -0.333 e. The average molecular weight is 443 g/mol. The van der Waals surface area contributed by atoms with Crippen LogP contribution in [0, 0.1) is 0 Å². The van der Waals surface area contributed by atoms with Gasteiger partial charge >= 0.3 is 0 Å². The lowest BCUT2D eigenvalue weighted by atomic mass is 10.1. The first-order chi connectivity index (χ1) is 14.0. The van der Waals surface area contributed by atoms with Crippen molar-refractivity contribution in [3.63, 3.8) is 0 Å². The van der Waals surface area contributed by atoms with E-state index in [1.165, 1.54) is 16.9 Å². The maximum atomic E-state index is 12.3. The van der Waals surface area contributed by atoms with Crippen molar-refractivity contribution in [2.45, 2.75) is 31.2 Å². The lowest BCUT2D eigenvalue weighted by molar-refractivity contribution is -0.115. The summed E-state index contributed by atoms with van der Waals surface area (Å²) >= 11 is 9.07. The van der Waals surface area contributed by atoms with Gasteiger partial charge in [0.2, 0.25) is 5.91 Å². The Balaban J connectivity index is 1.50. The highest BCUT2D eigenvalue weighted by Gasteiger charge is 2.18. The maximum absolute atomic E-state index is 12.3. The third-order valence-electron chi connectivity index (χ3n) is 4.43. The number of aryl methyl sites for hydroxylation is 1. The van der Waals surface area contributed by atoms with Gasteiger partial charge in [0.05, 0.1) is 22.4 Å². The number of carbonyl (C=O) groups is 1. The van der Waals surface area contributed by atoms with Gasteiger partial charge in [0.1, 0.15) is 0 Å². The number of thiazole rings is 1. The van der Waals surface area contributed by atoms with Crippen LogP contribution in [0.4, 0.5) is 10.8 Å². The number of hydrogen-bond acceptors (Lipinski definition) is 5. The predicted octanol–water partition coefficient (Wildman–Crippen LogP) is 6.21. The summed E-state index contributed by atoms with van der Waals surface area (Å²) in [6.45, 7) is 3.67. The Bertz CT molecular complexity index is 1150. The van der Waals surface area contributed by atoms with Crippen molar-refractivity contribution >= 4 is 62.5 Å². The van der Waals surface area contributed by atoms with Gasteiger partial charge in [0.15, 0.2) is 10.3 Å². The minimum atomic E-state index is -0.0584. The molecule has 4 aromatic rings. The molecule has 0 bridgehead atoms. The molecule has 0 aliphatic rings. The van der Waals surface area contributed by atoms with Gasteiger partial charge in [-0.1, -0.05) is 42.4 Å². The molecule has 0 radical (unpaired) electrons. The molecule has 0 saturated heterocycles. The van der Waals surface area contributed by atoms with Gasteiger partial charge in [-0.05, 0) is 42.3 Å². The monoisotopic (exact) mass is 442 g/mol. The van der Waals surface area contributed by atoms with E-state index in [1.54, 1.807) is 23.6 Å². The Morgan fingerprint density at radius 3 is 2.72 bits per heavy atom. The quantitative estimate of drug-likeness (QED) is 0.360. The van der Waals surface area contributed by atoms with Crippen LogP contribution in [0.1, 0.15) is 25.1 Å². The third kappa shape index (κ3) is 4.47. The number of rotatable bonds is 6. The molecule has 2 aromatic heterocycles. The Morgan fingerprint density at radius 2 is 2.00 bits per heavy atom. The number of nitrogens with zero attached hydrogens (tertiary/aromatic N) is 3. The standard InChI is InChI=1S/C21H19ClN4OS2/c1-3-14-4-7-17(8-5-14)26(13(2)27)21-23-16(12-29-21)11-28-20-24-18-9-6-15(22)10-19(18)25-20/h4-10,12H,3,11H2,1-2H3,(H,24,25). The van der Waals surface area contributed by atoms with E-state index in [0.29, 0.717) is 15.9 Å². The van der Waals surface area contributed by atoms with Crippen molar-refractivity contribution in [2.24, 2.45) is 0 Å². The van der Waals surface area contributed by atoms with Crippen LogP contribution in [0.25, 0.3) is 11.0 Å². The van der Waals surface area contributed by atoms with Crippen LogP contribution in [0.15, 0.2) is 53.0 Å². The number of carbonyl (C=O) groups excluding carboxylic acids is 1. The Labute approximate surface area is 182 Å². The van der Waals surface area contributed by atoms with Gasteiger partial charge in [-0.3, -0.25) is 9.69 Å². The van der Waals surface area contributed by atoms with Crippen LogP contribution < -0.4 is 4.90 Å². The molecule has 8 heteroatoms. The van der Waals surface area contributed by atoms with Crippen LogP contribution in [0.2, 0.25) is 5.02 Å². The number of imidazole rings is 1. The molecule has 0 unspecified atom stereocenters. The minimum absolute atomic E-state index is 0.0584. The third-order valence-corrected chi connectivity index (χ3v) is 6.44. The summed E-state index contributed by atoms with van der Waals surface area (Å²) in [5.41, 5.74) is 4.77. The van der Waals surface area contributed by atoms with Gasteiger partial charge < -0.3 is 4.98 Å². The number of aromatic amines is 1. The second kappa shape index (κ2) is 8.57. The topological polar surface area (TPSA) is 61.9 Å². The fourth-order valence-electron chi connectivity index (χ4n) is 2.94. The van der Waals surface area contributed by atoms with Gasteiger partial charge in [0.25, 0.3) is 0 Å². The van der Waals surface area contributed by atoms with Crippen molar-refractivity contribution in [3.05, 3.63) is 64.1 Å². The summed E-state index contributed by atoms with van der Waals surface area (Å²) < 4.78 is 0. The van der Waals surface area contributed by atoms with Crippen molar-refractivity contribution in [3.8, 4) is 0 Å². The highest BCUT2D eigenvalue weighted by molar-refractivity contribution is 7.98. The number of H-pyrrole nitrogens is 1. The van der Waals surface area contributed by atoms with Crippen molar-refractivity contribution < 1.29 is 4.79 Å². The number of anilines is 2. The van der Waals surface area contributed by atoms with E-state index in [-0.39, 0.29) is 5.91 Å². The Hall–Kier alpha value is -2.35. The molecule has 4 rings (SSSR count). The van der Waals surface area contributed by atoms with Gasteiger partial charge in [-0.15, -0.1) is 11.3 Å². The van der Waals surface area contributed by atoms with E-state index in [0.717, 1.165) is 34.0 Å². The molecule has 2 aromatic carbocycles. The zero-order valence-corrected chi connectivity index (χ0v) is 18.4. The van der Waals surface area contributed by atoms with Crippen LogP contribution >= 0.6 is 34.7 Å². The SMILES string of the molecule is CCc1ccc(N(C(C)=O)c2nc(CSc3nc4ccc(Cl)cc4[nH]3)cs2)cc1. The zero-order chi connectivity index (χ0) is 20.4. The van der Waals surface area contributed by atoms with Crippen LogP contribution in [0.3, 0.4) is 0 Å². The van der Waals surface area contributed by atoms with E-state index in [4.69, 9.17) is 11.6 Å². The largest absolute Gasteiger partial charge is 0.333 e. The van der Waals surface area contributed by atoms with Gasteiger partial charge in [-0.25, -0.2) is 9.97 Å². The molecule has 0 atom stereocenters. The van der Waals surface area contributed by atoms with Crippen molar-refractivity contribution in [1.82, 2.24) is 15.0 Å². The lowest BCUT2D eigenvalue weighted by Gasteiger charge is -2.18. The summed E-state index contributed by atoms with van der Waals surface area (Å²) in [4.78, 5) is 26.4.